The van der Waals surface area contributed by atoms with Crippen molar-refractivity contribution in [3.63, 3.8) is 0 Å². The van der Waals surface area contributed by atoms with Gasteiger partial charge in [-0.3, -0.25) is 0 Å². The Hall–Kier alpha value is -1.35. The molecule has 2 aromatic rings. The molecule has 0 fully saturated rings. The normalized spacial score (nSPS) is 10.6. The molecule has 0 radical (unpaired) electrons. The van der Waals surface area contributed by atoms with Crippen LogP contribution in [-0.4, -0.2) is 14.5 Å². The summed E-state index contributed by atoms with van der Waals surface area (Å²) >= 11 is 0. The Labute approximate surface area is 63.9 Å². The predicted molar refractivity (Wildman–Crippen MR) is 41.1 cm³/mol. The molecule has 0 unspecified atom stereocenters. The van der Waals surface area contributed by atoms with Gasteiger partial charge in [0.05, 0.1) is 24.6 Å². The molecule has 0 aliphatic carbocycles. The van der Waals surface area contributed by atoms with Gasteiger partial charge in [-0.15, -0.1) is 0 Å². The minimum absolute atomic E-state index is 0.0775. The first-order valence-electron chi connectivity index (χ1n) is 3.41. The number of hydrogen-bond acceptors (Lipinski definition) is 2. The van der Waals surface area contributed by atoms with Crippen LogP contribution < -0.4 is 0 Å². The van der Waals surface area contributed by atoms with Crippen LogP contribution in [-0.2, 0) is 6.61 Å². The van der Waals surface area contributed by atoms with Crippen molar-refractivity contribution in [1.29, 1.82) is 0 Å². The molecule has 0 bridgehead atoms. The number of aromatic nitrogens is 2. The van der Waals surface area contributed by atoms with E-state index in [2.05, 4.69) is 4.98 Å². The van der Waals surface area contributed by atoms with E-state index in [1.165, 1.54) is 0 Å². The molecule has 0 spiro atoms. The number of fused-ring (bicyclic) bond motifs is 1. The highest BCUT2D eigenvalue weighted by atomic mass is 16.3. The van der Waals surface area contributed by atoms with Gasteiger partial charge >= 0.3 is 0 Å². The Morgan fingerprint density at radius 3 is 3.18 bits per heavy atom. The Morgan fingerprint density at radius 2 is 2.36 bits per heavy atom. The Morgan fingerprint density at radius 1 is 1.45 bits per heavy atom. The second-order valence-corrected chi connectivity index (χ2v) is 2.42. The lowest BCUT2D eigenvalue weighted by atomic mass is 10.3. The van der Waals surface area contributed by atoms with Gasteiger partial charge in [0.2, 0.25) is 0 Å². The lowest BCUT2D eigenvalue weighted by Gasteiger charge is -1.96. The molecule has 3 heteroatoms. The second kappa shape index (κ2) is 2.36. The van der Waals surface area contributed by atoms with Crippen molar-refractivity contribution in [3.8, 4) is 0 Å². The van der Waals surface area contributed by atoms with E-state index in [0.717, 1.165) is 11.1 Å². The maximum atomic E-state index is 8.80. The Kier molecular flexibility index (Phi) is 1.36. The maximum Gasteiger partial charge on any atom is 0.0992 e. The lowest BCUT2D eigenvalue weighted by Crippen LogP contribution is -1.87. The van der Waals surface area contributed by atoms with Crippen LogP contribution in [0, 0.1) is 0 Å². The molecule has 3 nitrogen and oxygen atoms in total. The van der Waals surface area contributed by atoms with Gasteiger partial charge in [0.15, 0.2) is 0 Å². The molecule has 2 rings (SSSR count). The molecule has 0 saturated heterocycles. The first kappa shape index (κ1) is 6.37. The summed E-state index contributed by atoms with van der Waals surface area (Å²) in [7, 11) is 0. The van der Waals surface area contributed by atoms with Crippen molar-refractivity contribution in [3.05, 3.63) is 36.4 Å². The van der Waals surface area contributed by atoms with Crippen molar-refractivity contribution < 1.29 is 5.11 Å². The van der Waals surface area contributed by atoms with Gasteiger partial charge in [-0.1, -0.05) is 6.07 Å². The molecule has 0 saturated carbocycles. The lowest BCUT2D eigenvalue weighted by molar-refractivity contribution is 0.281. The van der Waals surface area contributed by atoms with E-state index >= 15 is 0 Å². The van der Waals surface area contributed by atoms with Crippen LogP contribution in [0.4, 0.5) is 0 Å². The summed E-state index contributed by atoms with van der Waals surface area (Å²) < 4.78 is 1.88. The molecule has 2 aromatic heterocycles. The molecule has 0 aliphatic heterocycles. The second-order valence-electron chi connectivity index (χ2n) is 2.42. The number of hydrogen-bond donors (Lipinski definition) is 1. The van der Waals surface area contributed by atoms with Gasteiger partial charge in [-0.25, -0.2) is 4.98 Å². The van der Waals surface area contributed by atoms with Crippen LogP contribution >= 0.6 is 0 Å². The highest BCUT2D eigenvalue weighted by Crippen LogP contribution is 2.04. The van der Waals surface area contributed by atoms with E-state index in [0.29, 0.717) is 0 Å². The van der Waals surface area contributed by atoms with Crippen LogP contribution in [0.1, 0.15) is 5.56 Å². The quantitative estimate of drug-likeness (QED) is 0.650. The number of rotatable bonds is 1. The van der Waals surface area contributed by atoms with Crippen molar-refractivity contribution in [1.82, 2.24) is 9.38 Å². The fourth-order valence-electron chi connectivity index (χ4n) is 1.06. The van der Waals surface area contributed by atoms with E-state index < -0.39 is 0 Å². The van der Waals surface area contributed by atoms with Gasteiger partial charge in [-0.2, -0.15) is 0 Å². The number of pyridine rings is 1. The van der Waals surface area contributed by atoms with Crippen LogP contribution in [0.3, 0.4) is 0 Å². The largest absolute Gasteiger partial charge is 0.392 e. The number of imidazole rings is 1. The molecule has 2 heterocycles. The summed E-state index contributed by atoms with van der Waals surface area (Å²) in [5, 5.41) is 8.80. The van der Waals surface area contributed by atoms with E-state index in [-0.39, 0.29) is 6.61 Å². The third-order valence-electron chi connectivity index (χ3n) is 1.65. The smallest absolute Gasteiger partial charge is 0.0992 e. The van der Waals surface area contributed by atoms with Crippen LogP contribution in [0.15, 0.2) is 30.9 Å². The summed E-state index contributed by atoms with van der Waals surface area (Å²) in [6.45, 7) is 0.0775. The average Bonchev–Trinajstić information content (AvgIpc) is 2.50. The summed E-state index contributed by atoms with van der Waals surface area (Å²) in [6.07, 6.45) is 5.36. The molecule has 56 valence electrons. The third kappa shape index (κ3) is 0.991. The monoisotopic (exact) mass is 148 g/mol. The van der Waals surface area contributed by atoms with E-state index in [1.807, 2.05) is 22.7 Å². The van der Waals surface area contributed by atoms with Crippen molar-refractivity contribution in [2.24, 2.45) is 0 Å². The standard InChI is InChI=1S/C8H8N2O/c11-5-7-1-2-8-3-9-6-10(8)4-7/h1-4,6,11H,5H2. The van der Waals surface area contributed by atoms with Gasteiger partial charge < -0.3 is 9.51 Å². The van der Waals surface area contributed by atoms with Crippen LogP contribution in [0.2, 0.25) is 0 Å². The topological polar surface area (TPSA) is 37.5 Å². The van der Waals surface area contributed by atoms with Crippen LogP contribution in [0.25, 0.3) is 5.52 Å². The number of nitrogens with zero attached hydrogens (tertiary/aromatic N) is 2. The Bertz CT molecular complexity index is 367. The third-order valence-corrected chi connectivity index (χ3v) is 1.65. The minimum atomic E-state index is 0.0775. The summed E-state index contributed by atoms with van der Waals surface area (Å²) in [5.41, 5.74) is 1.94. The summed E-state index contributed by atoms with van der Waals surface area (Å²) in [6, 6.07) is 3.82. The van der Waals surface area contributed by atoms with Crippen LogP contribution in [0.5, 0.6) is 0 Å². The van der Waals surface area contributed by atoms with E-state index in [9.17, 15) is 0 Å². The summed E-state index contributed by atoms with van der Waals surface area (Å²) in [5.74, 6) is 0. The maximum absolute atomic E-state index is 8.80. The molecule has 0 aromatic carbocycles. The Balaban J connectivity index is 2.67. The van der Waals surface area contributed by atoms with Crippen molar-refractivity contribution in [2.75, 3.05) is 0 Å². The predicted octanol–water partition coefficient (Wildman–Crippen LogP) is 0.827. The van der Waals surface area contributed by atoms with Gasteiger partial charge in [0.25, 0.3) is 0 Å². The first-order valence-corrected chi connectivity index (χ1v) is 3.41. The van der Waals surface area contributed by atoms with Gasteiger partial charge in [-0.05, 0) is 11.6 Å². The number of aliphatic hydroxyl groups excluding tert-OH is 1. The fraction of sp³-hybridized carbons (Fsp3) is 0.125. The molecule has 1 N–H and O–H groups in total. The van der Waals surface area contributed by atoms with Gasteiger partial charge in [0, 0.05) is 6.20 Å². The number of aliphatic hydroxyl groups is 1. The molecule has 0 amide bonds. The van der Waals surface area contributed by atoms with E-state index in [1.54, 1.807) is 12.5 Å². The molecular weight excluding hydrogens is 140 g/mol. The zero-order chi connectivity index (χ0) is 7.68. The summed E-state index contributed by atoms with van der Waals surface area (Å²) in [4.78, 5) is 3.96. The van der Waals surface area contributed by atoms with Crippen molar-refractivity contribution in [2.45, 2.75) is 6.61 Å². The SMILES string of the molecule is OCc1ccc2cncn2c1. The molecule has 11 heavy (non-hydrogen) atoms. The first-order chi connectivity index (χ1) is 5.40. The van der Waals surface area contributed by atoms with Gasteiger partial charge in [0.1, 0.15) is 0 Å². The zero-order valence-electron chi connectivity index (χ0n) is 5.94. The van der Waals surface area contributed by atoms with Crippen molar-refractivity contribution >= 4 is 5.52 Å². The molecule has 0 aliphatic rings. The zero-order valence-corrected chi connectivity index (χ0v) is 5.94. The molecular formula is C8H8N2O. The minimum Gasteiger partial charge on any atom is -0.392 e. The highest BCUT2D eigenvalue weighted by Gasteiger charge is 1.93. The van der Waals surface area contributed by atoms with E-state index in [4.69, 9.17) is 5.11 Å². The highest BCUT2D eigenvalue weighted by molar-refractivity contribution is 5.45. The average molecular weight is 148 g/mol. The fourth-order valence-corrected chi connectivity index (χ4v) is 1.06. The molecule has 0 atom stereocenters.